The summed E-state index contributed by atoms with van der Waals surface area (Å²) in [5.41, 5.74) is 2.49. The molecule has 3 aromatic heterocycles. The Morgan fingerprint density at radius 3 is 2.76 bits per heavy atom. The predicted molar refractivity (Wildman–Crippen MR) is 81.6 cm³/mol. The summed E-state index contributed by atoms with van der Waals surface area (Å²) in [6.07, 6.45) is 5.45. The van der Waals surface area contributed by atoms with Crippen LogP contribution in [0.5, 0.6) is 0 Å². The summed E-state index contributed by atoms with van der Waals surface area (Å²) < 4.78 is 3.98. The zero-order chi connectivity index (χ0) is 14.4. The van der Waals surface area contributed by atoms with Crippen LogP contribution in [0.3, 0.4) is 0 Å². The number of aryl methyl sites for hydroxylation is 1. The fraction of sp³-hybridized carbons (Fsp3) is 0.0625. The Hall–Kier alpha value is -3.13. The highest BCUT2D eigenvalue weighted by Crippen LogP contribution is 2.32. The van der Waals surface area contributed by atoms with Crippen LogP contribution in [0, 0.1) is 6.57 Å². The lowest BCUT2D eigenvalue weighted by Crippen LogP contribution is -2.03. The summed E-state index contributed by atoms with van der Waals surface area (Å²) >= 11 is 0. The van der Waals surface area contributed by atoms with Crippen LogP contribution in [0.1, 0.15) is 0 Å². The Bertz CT molecular complexity index is 1020. The molecular formula is C16H11N5. The van der Waals surface area contributed by atoms with E-state index >= 15 is 0 Å². The first-order valence-corrected chi connectivity index (χ1v) is 6.54. The van der Waals surface area contributed by atoms with Crippen LogP contribution in [0.4, 0.5) is 5.69 Å². The highest BCUT2D eigenvalue weighted by Gasteiger charge is 2.15. The fourth-order valence-electron chi connectivity index (χ4n) is 2.68. The standard InChI is InChI=1S/C16H11N5/c1-17-11-5-6-14-13(10-11)12-4-3-7-18-15(12)21(14)16-19-8-9-20(16)2/h3-10H,2H3. The first-order chi connectivity index (χ1) is 10.3. The molecule has 1 aromatic carbocycles. The van der Waals surface area contributed by atoms with Crippen molar-refractivity contribution >= 4 is 27.6 Å². The number of hydrogen-bond donors (Lipinski definition) is 0. The molecule has 4 rings (SSSR count). The van der Waals surface area contributed by atoms with Gasteiger partial charge in [-0.3, -0.25) is 4.57 Å². The lowest BCUT2D eigenvalue weighted by molar-refractivity contribution is 0.842. The topological polar surface area (TPSA) is 40.0 Å². The van der Waals surface area contributed by atoms with Gasteiger partial charge in [-0.2, -0.15) is 0 Å². The van der Waals surface area contributed by atoms with E-state index in [2.05, 4.69) is 14.8 Å². The van der Waals surface area contributed by atoms with E-state index in [1.807, 2.05) is 52.7 Å². The number of nitrogens with zero attached hydrogens (tertiary/aromatic N) is 5. The Balaban J connectivity index is 2.23. The third-order valence-electron chi connectivity index (χ3n) is 3.63. The van der Waals surface area contributed by atoms with Crippen molar-refractivity contribution in [3.63, 3.8) is 0 Å². The average Bonchev–Trinajstić information content (AvgIpc) is 3.07. The van der Waals surface area contributed by atoms with E-state index < -0.39 is 0 Å². The summed E-state index contributed by atoms with van der Waals surface area (Å²) in [6, 6.07) is 9.63. The maximum atomic E-state index is 7.19. The van der Waals surface area contributed by atoms with Crippen LogP contribution < -0.4 is 0 Å². The lowest BCUT2D eigenvalue weighted by Gasteiger charge is -2.06. The molecule has 21 heavy (non-hydrogen) atoms. The van der Waals surface area contributed by atoms with Gasteiger partial charge in [0.15, 0.2) is 5.69 Å². The number of fused-ring (bicyclic) bond motifs is 3. The van der Waals surface area contributed by atoms with E-state index in [9.17, 15) is 0 Å². The second kappa shape index (κ2) is 4.18. The summed E-state index contributed by atoms with van der Waals surface area (Å²) in [4.78, 5) is 12.4. The van der Waals surface area contributed by atoms with Crippen molar-refractivity contribution in [2.75, 3.05) is 0 Å². The summed E-state index contributed by atoms with van der Waals surface area (Å²) in [5.74, 6) is 0.810. The molecule has 0 spiro atoms. The molecule has 0 aliphatic heterocycles. The Labute approximate surface area is 120 Å². The van der Waals surface area contributed by atoms with Crippen molar-refractivity contribution in [2.45, 2.75) is 0 Å². The quantitative estimate of drug-likeness (QED) is 0.498. The van der Waals surface area contributed by atoms with Crippen LogP contribution in [0.25, 0.3) is 32.7 Å². The molecule has 0 saturated heterocycles. The normalized spacial score (nSPS) is 11.0. The van der Waals surface area contributed by atoms with Crippen LogP contribution in [-0.2, 0) is 7.05 Å². The molecule has 3 heterocycles. The maximum Gasteiger partial charge on any atom is 0.215 e. The minimum atomic E-state index is 0.630. The summed E-state index contributed by atoms with van der Waals surface area (Å²) in [5, 5.41) is 2.05. The number of pyridine rings is 1. The summed E-state index contributed by atoms with van der Waals surface area (Å²) in [6.45, 7) is 7.19. The monoisotopic (exact) mass is 273 g/mol. The van der Waals surface area contributed by atoms with Gasteiger partial charge in [0.25, 0.3) is 0 Å². The van der Waals surface area contributed by atoms with Crippen molar-refractivity contribution in [3.05, 3.63) is 60.3 Å². The van der Waals surface area contributed by atoms with Gasteiger partial charge < -0.3 is 4.57 Å². The van der Waals surface area contributed by atoms with E-state index in [1.54, 1.807) is 12.4 Å². The molecule has 0 fully saturated rings. The third-order valence-corrected chi connectivity index (χ3v) is 3.63. The van der Waals surface area contributed by atoms with Crippen LogP contribution in [0.15, 0.2) is 48.9 Å². The minimum Gasteiger partial charge on any atom is -0.320 e. The van der Waals surface area contributed by atoms with Crippen molar-refractivity contribution in [3.8, 4) is 5.95 Å². The molecular weight excluding hydrogens is 262 g/mol. The van der Waals surface area contributed by atoms with Crippen LogP contribution in [-0.4, -0.2) is 19.1 Å². The molecule has 5 heteroatoms. The molecule has 0 N–H and O–H groups in total. The number of benzene rings is 1. The highest BCUT2D eigenvalue weighted by molar-refractivity contribution is 6.08. The van der Waals surface area contributed by atoms with Gasteiger partial charge in [0.2, 0.25) is 5.95 Å². The van der Waals surface area contributed by atoms with Crippen molar-refractivity contribution < 1.29 is 0 Å². The number of rotatable bonds is 1. The van der Waals surface area contributed by atoms with E-state index in [0.717, 1.165) is 27.9 Å². The SMILES string of the molecule is [C-]#[N+]c1ccc2c(c1)c1cccnc1n2-c1nccn1C. The zero-order valence-electron chi connectivity index (χ0n) is 11.4. The van der Waals surface area contributed by atoms with E-state index in [1.165, 1.54) is 0 Å². The molecule has 0 aliphatic rings. The first kappa shape index (κ1) is 11.7. The molecule has 0 saturated carbocycles. The molecule has 4 aromatic rings. The van der Waals surface area contributed by atoms with Crippen LogP contribution in [0.2, 0.25) is 0 Å². The van der Waals surface area contributed by atoms with Gasteiger partial charge in [0.1, 0.15) is 5.65 Å². The van der Waals surface area contributed by atoms with E-state index in [0.29, 0.717) is 5.69 Å². The second-order valence-corrected chi connectivity index (χ2v) is 4.86. The van der Waals surface area contributed by atoms with Crippen molar-refractivity contribution in [1.29, 1.82) is 0 Å². The fourth-order valence-corrected chi connectivity index (χ4v) is 2.68. The number of hydrogen-bond acceptors (Lipinski definition) is 2. The average molecular weight is 273 g/mol. The Morgan fingerprint density at radius 1 is 1.10 bits per heavy atom. The zero-order valence-corrected chi connectivity index (χ0v) is 11.4. The van der Waals surface area contributed by atoms with Gasteiger partial charge in [-0.25, -0.2) is 14.8 Å². The van der Waals surface area contributed by atoms with Gasteiger partial charge in [0.05, 0.1) is 12.1 Å². The molecule has 0 radical (unpaired) electrons. The van der Waals surface area contributed by atoms with Gasteiger partial charge in [-0.05, 0) is 29.7 Å². The van der Waals surface area contributed by atoms with Crippen LogP contribution >= 0.6 is 0 Å². The predicted octanol–water partition coefficient (Wildman–Crippen LogP) is 3.46. The summed E-state index contributed by atoms with van der Waals surface area (Å²) in [7, 11) is 1.95. The Morgan fingerprint density at radius 2 is 2.00 bits per heavy atom. The van der Waals surface area contributed by atoms with Gasteiger partial charge in [0, 0.05) is 31.0 Å². The third kappa shape index (κ3) is 1.56. The number of imidazole rings is 1. The molecule has 0 amide bonds. The smallest absolute Gasteiger partial charge is 0.215 e. The van der Waals surface area contributed by atoms with Gasteiger partial charge in [-0.1, -0.05) is 6.07 Å². The lowest BCUT2D eigenvalue weighted by atomic mass is 10.2. The van der Waals surface area contributed by atoms with E-state index in [-0.39, 0.29) is 0 Å². The largest absolute Gasteiger partial charge is 0.320 e. The number of aromatic nitrogens is 4. The molecule has 0 unspecified atom stereocenters. The first-order valence-electron chi connectivity index (χ1n) is 6.54. The molecule has 0 aliphatic carbocycles. The minimum absolute atomic E-state index is 0.630. The van der Waals surface area contributed by atoms with E-state index in [4.69, 9.17) is 6.57 Å². The maximum absolute atomic E-state index is 7.19. The second-order valence-electron chi connectivity index (χ2n) is 4.86. The molecule has 5 nitrogen and oxygen atoms in total. The Kier molecular flexibility index (Phi) is 2.33. The van der Waals surface area contributed by atoms with Crippen molar-refractivity contribution in [1.82, 2.24) is 19.1 Å². The van der Waals surface area contributed by atoms with Crippen molar-refractivity contribution in [2.24, 2.45) is 7.05 Å². The molecule has 0 atom stereocenters. The highest BCUT2D eigenvalue weighted by atomic mass is 15.2. The molecule has 100 valence electrons. The van der Waals surface area contributed by atoms with Gasteiger partial charge >= 0.3 is 0 Å². The molecule has 0 bridgehead atoms. The van der Waals surface area contributed by atoms with Gasteiger partial charge in [-0.15, -0.1) is 0 Å².